The zero-order chi connectivity index (χ0) is 14.5. The molecule has 0 aromatic carbocycles. The molecule has 0 aliphatic heterocycles. The maximum atomic E-state index is 12.0. The normalized spacial score (nSPS) is 10.5. The Balaban J connectivity index is 1.65. The molecule has 1 amide bonds. The lowest BCUT2D eigenvalue weighted by Crippen LogP contribution is -2.27. The minimum absolute atomic E-state index is 0.0533. The Hall–Kier alpha value is -2.47. The van der Waals surface area contributed by atoms with Crippen LogP contribution < -0.4 is 5.32 Å². The van der Waals surface area contributed by atoms with Crippen LogP contribution in [0.3, 0.4) is 0 Å². The number of amides is 1. The molecule has 3 rings (SSSR count). The van der Waals surface area contributed by atoms with E-state index in [1.54, 1.807) is 34.6 Å². The first-order chi connectivity index (χ1) is 10.3. The minimum Gasteiger partial charge on any atom is -0.350 e. The van der Waals surface area contributed by atoms with Crippen molar-refractivity contribution in [3.8, 4) is 11.3 Å². The van der Waals surface area contributed by atoms with Crippen molar-refractivity contribution in [3.63, 3.8) is 0 Å². The van der Waals surface area contributed by atoms with Gasteiger partial charge in [-0.3, -0.25) is 14.5 Å². The molecule has 0 spiro atoms. The van der Waals surface area contributed by atoms with Crippen molar-refractivity contribution in [2.45, 2.75) is 13.1 Å². The second kappa shape index (κ2) is 6.32. The number of carbonyl (C=O) groups excluding carboxylic acids is 1. The van der Waals surface area contributed by atoms with Crippen LogP contribution in [-0.2, 0) is 17.9 Å². The molecule has 0 bridgehead atoms. The lowest BCUT2D eigenvalue weighted by atomic mass is 10.2. The van der Waals surface area contributed by atoms with Gasteiger partial charge < -0.3 is 5.32 Å². The SMILES string of the molecule is O=C(Cn1nccc1-c1ccncc1)NCc1cccs1. The highest BCUT2D eigenvalue weighted by Gasteiger charge is 2.09. The van der Waals surface area contributed by atoms with Gasteiger partial charge in [0.25, 0.3) is 0 Å². The summed E-state index contributed by atoms with van der Waals surface area (Å²) >= 11 is 1.63. The lowest BCUT2D eigenvalue weighted by Gasteiger charge is -2.08. The van der Waals surface area contributed by atoms with Gasteiger partial charge in [0.1, 0.15) is 6.54 Å². The molecule has 0 unspecified atom stereocenters. The van der Waals surface area contributed by atoms with Gasteiger partial charge in [0.15, 0.2) is 0 Å². The van der Waals surface area contributed by atoms with E-state index >= 15 is 0 Å². The molecule has 0 saturated heterocycles. The van der Waals surface area contributed by atoms with E-state index in [4.69, 9.17) is 0 Å². The number of nitrogens with zero attached hydrogens (tertiary/aromatic N) is 3. The third-order valence-corrected chi connectivity index (χ3v) is 3.90. The molecule has 3 aromatic heterocycles. The van der Waals surface area contributed by atoms with Gasteiger partial charge in [-0.2, -0.15) is 5.10 Å². The number of thiophene rings is 1. The molecule has 3 aromatic rings. The van der Waals surface area contributed by atoms with Crippen molar-refractivity contribution >= 4 is 17.2 Å². The van der Waals surface area contributed by atoms with E-state index in [2.05, 4.69) is 15.4 Å². The fraction of sp³-hybridized carbons (Fsp3) is 0.133. The van der Waals surface area contributed by atoms with E-state index < -0.39 is 0 Å². The van der Waals surface area contributed by atoms with Crippen LogP contribution in [0.15, 0.2) is 54.3 Å². The number of carbonyl (C=O) groups is 1. The lowest BCUT2D eigenvalue weighted by molar-refractivity contribution is -0.121. The Morgan fingerprint density at radius 2 is 2.05 bits per heavy atom. The van der Waals surface area contributed by atoms with Gasteiger partial charge >= 0.3 is 0 Å². The van der Waals surface area contributed by atoms with E-state index in [1.165, 1.54) is 0 Å². The zero-order valence-corrected chi connectivity index (χ0v) is 12.1. The fourth-order valence-corrected chi connectivity index (χ4v) is 2.66. The summed E-state index contributed by atoms with van der Waals surface area (Å²) < 4.78 is 1.69. The molecule has 106 valence electrons. The van der Waals surface area contributed by atoms with Crippen molar-refractivity contribution in [2.75, 3.05) is 0 Å². The molecule has 0 atom stereocenters. The number of pyridine rings is 1. The number of hydrogen-bond donors (Lipinski definition) is 1. The van der Waals surface area contributed by atoms with Gasteiger partial charge in [0.05, 0.1) is 12.2 Å². The first-order valence-corrected chi connectivity index (χ1v) is 7.42. The topological polar surface area (TPSA) is 59.8 Å². The highest BCUT2D eigenvalue weighted by atomic mass is 32.1. The second-order valence-electron chi connectivity index (χ2n) is 4.47. The summed E-state index contributed by atoms with van der Waals surface area (Å²) in [5, 5.41) is 9.11. The van der Waals surface area contributed by atoms with Crippen LogP contribution in [0.1, 0.15) is 4.88 Å². The molecule has 0 saturated carbocycles. The molecular weight excluding hydrogens is 284 g/mol. The Kier molecular flexibility index (Phi) is 4.07. The minimum atomic E-state index is -0.0533. The molecule has 21 heavy (non-hydrogen) atoms. The van der Waals surface area contributed by atoms with Crippen molar-refractivity contribution in [1.82, 2.24) is 20.1 Å². The van der Waals surface area contributed by atoms with Gasteiger partial charge in [-0.05, 0) is 29.6 Å². The Morgan fingerprint density at radius 1 is 1.19 bits per heavy atom. The van der Waals surface area contributed by atoms with Crippen LogP contribution in [0.4, 0.5) is 0 Å². The number of rotatable bonds is 5. The molecule has 5 nitrogen and oxygen atoms in total. The highest BCUT2D eigenvalue weighted by molar-refractivity contribution is 7.09. The third-order valence-electron chi connectivity index (χ3n) is 3.03. The quantitative estimate of drug-likeness (QED) is 0.786. The number of hydrogen-bond acceptors (Lipinski definition) is 4. The van der Waals surface area contributed by atoms with Gasteiger partial charge in [-0.1, -0.05) is 6.07 Å². The first kappa shape index (κ1) is 13.5. The molecule has 0 aliphatic carbocycles. The molecule has 0 fully saturated rings. The van der Waals surface area contributed by atoms with Crippen LogP contribution in [0, 0.1) is 0 Å². The summed E-state index contributed by atoms with van der Waals surface area (Å²) in [6.07, 6.45) is 5.15. The van der Waals surface area contributed by atoms with E-state index in [9.17, 15) is 4.79 Å². The van der Waals surface area contributed by atoms with Crippen molar-refractivity contribution < 1.29 is 4.79 Å². The van der Waals surface area contributed by atoms with E-state index in [0.717, 1.165) is 16.1 Å². The average molecular weight is 298 g/mol. The van der Waals surface area contributed by atoms with Gasteiger partial charge in [-0.25, -0.2) is 0 Å². The predicted molar refractivity (Wildman–Crippen MR) is 81.6 cm³/mol. The Bertz CT molecular complexity index is 706. The van der Waals surface area contributed by atoms with Crippen LogP contribution in [0.2, 0.25) is 0 Å². The van der Waals surface area contributed by atoms with Gasteiger partial charge in [-0.15, -0.1) is 11.3 Å². The summed E-state index contributed by atoms with van der Waals surface area (Å²) in [7, 11) is 0. The fourth-order valence-electron chi connectivity index (χ4n) is 2.02. The summed E-state index contributed by atoms with van der Waals surface area (Å²) in [5.74, 6) is -0.0533. The first-order valence-electron chi connectivity index (χ1n) is 6.54. The summed E-state index contributed by atoms with van der Waals surface area (Å²) in [6.45, 7) is 0.762. The largest absolute Gasteiger partial charge is 0.350 e. The number of aromatic nitrogens is 3. The van der Waals surface area contributed by atoms with Crippen LogP contribution in [-0.4, -0.2) is 20.7 Å². The van der Waals surface area contributed by atoms with Crippen molar-refractivity contribution in [3.05, 3.63) is 59.2 Å². The second-order valence-corrected chi connectivity index (χ2v) is 5.50. The molecule has 6 heteroatoms. The number of nitrogens with one attached hydrogen (secondary N) is 1. The van der Waals surface area contributed by atoms with Crippen LogP contribution in [0.25, 0.3) is 11.3 Å². The predicted octanol–water partition coefficient (Wildman–Crippen LogP) is 2.32. The van der Waals surface area contributed by atoms with Gasteiger partial charge in [0, 0.05) is 29.0 Å². The summed E-state index contributed by atoms with van der Waals surface area (Å²) in [4.78, 5) is 17.1. The molecular formula is C15H14N4OS. The molecule has 3 heterocycles. The van der Waals surface area contributed by atoms with Crippen LogP contribution in [0.5, 0.6) is 0 Å². The van der Waals surface area contributed by atoms with Gasteiger partial charge in [0.2, 0.25) is 5.91 Å². The smallest absolute Gasteiger partial charge is 0.242 e. The average Bonchev–Trinajstić information content (AvgIpc) is 3.17. The Morgan fingerprint density at radius 3 is 2.81 bits per heavy atom. The monoisotopic (exact) mass is 298 g/mol. The van der Waals surface area contributed by atoms with Crippen molar-refractivity contribution in [1.29, 1.82) is 0 Å². The molecule has 0 aliphatic rings. The summed E-state index contributed by atoms with van der Waals surface area (Å²) in [6, 6.07) is 9.67. The van der Waals surface area contributed by atoms with Crippen LogP contribution >= 0.6 is 11.3 Å². The maximum Gasteiger partial charge on any atom is 0.242 e. The maximum absolute atomic E-state index is 12.0. The zero-order valence-electron chi connectivity index (χ0n) is 11.3. The van der Waals surface area contributed by atoms with E-state index in [1.807, 2.05) is 35.7 Å². The summed E-state index contributed by atoms with van der Waals surface area (Å²) in [5.41, 5.74) is 1.90. The van der Waals surface area contributed by atoms with E-state index in [-0.39, 0.29) is 12.5 Å². The third kappa shape index (κ3) is 3.35. The highest BCUT2D eigenvalue weighted by Crippen LogP contribution is 2.17. The molecule has 0 radical (unpaired) electrons. The molecule has 1 N–H and O–H groups in total. The standard InChI is InChI=1S/C15H14N4OS/c20-15(17-10-13-2-1-9-21-13)11-19-14(5-8-18-19)12-3-6-16-7-4-12/h1-9H,10-11H2,(H,17,20). The van der Waals surface area contributed by atoms with E-state index in [0.29, 0.717) is 6.54 Å². The van der Waals surface area contributed by atoms with Crippen molar-refractivity contribution in [2.24, 2.45) is 0 Å². The Labute approximate surface area is 126 Å².